The van der Waals surface area contributed by atoms with Gasteiger partial charge in [0.25, 0.3) is 11.4 Å². The number of nitrogens with zero attached hydrogens (tertiary/aromatic N) is 7. The summed E-state index contributed by atoms with van der Waals surface area (Å²) in [5.74, 6) is -0.946. The van der Waals surface area contributed by atoms with Crippen LogP contribution in [-0.2, 0) is 0 Å². The van der Waals surface area contributed by atoms with Crippen LogP contribution in [0, 0.1) is 77.8 Å². The molecule has 0 heterocycles. The lowest BCUT2D eigenvalue weighted by atomic mass is 9.91. The number of rotatable bonds is 2. The van der Waals surface area contributed by atoms with Gasteiger partial charge < -0.3 is 0 Å². The van der Waals surface area contributed by atoms with E-state index in [1.165, 1.54) is 18.2 Å². The first-order valence-electron chi connectivity index (χ1n) is 12.1. The van der Waals surface area contributed by atoms with Crippen LogP contribution in [0.15, 0.2) is 66.0 Å². The van der Waals surface area contributed by atoms with Crippen molar-refractivity contribution in [3.8, 4) is 24.3 Å². The second kappa shape index (κ2) is 10.3. The van der Waals surface area contributed by atoms with Crippen molar-refractivity contribution in [1.82, 2.24) is 0 Å². The van der Waals surface area contributed by atoms with Gasteiger partial charge in [-0.05, 0) is 58.5 Å². The van der Waals surface area contributed by atoms with Crippen LogP contribution in [0.4, 0.5) is 4.39 Å². The minimum absolute atomic E-state index is 0.0309. The fourth-order valence-electron chi connectivity index (χ4n) is 5.27. The number of hydrogen-bond acceptors (Lipinski definition) is 4. The van der Waals surface area contributed by atoms with Crippen molar-refractivity contribution in [2.24, 2.45) is 0 Å². The summed E-state index contributed by atoms with van der Waals surface area (Å²) in [4.78, 5) is 10.3. The Balaban J connectivity index is 1.96. The quantitative estimate of drug-likeness (QED) is 0.248. The highest BCUT2D eigenvalue weighted by atomic mass is 19.1. The average Bonchev–Trinajstić information content (AvgIpc) is 3.52. The normalized spacial score (nSPS) is 15.1. The van der Waals surface area contributed by atoms with E-state index < -0.39 is 11.5 Å². The molecule has 8 heteroatoms. The fourth-order valence-corrected chi connectivity index (χ4v) is 5.27. The van der Waals surface area contributed by atoms with E-state index >= 15 is 4.39 Å². The standard InChI is InChI=1S/C34H12FN7/c1-18-5-9-21(10-6-18)28-29(25(16-38)40-2)23-13-22-24(15-37)27(20-11-7-19(14-36)8-12-20)32(26(17-39)41-3)30(22)33(35)31(23)34(28)42-4/h5-13H,1H3/b29-25-,32-26-. The summed E-state index contributed by atoms with van der Waals surface area (Å²) in [5, 5.41) is 39.3. The molecule has 0 saturated carbocycles. The Morgan fingerprint density at radius 1 is 0.714 bits per heavy atom. The second-order valence-corrected chi connectivity index (χ2v) is 9.18. The zero-order valence-electron chi connectivity index (χ0n) is 21.7. The smallest absolute Gasteiger partial charge is 0.237 e. The predicted octanol–water partition coefficient (Wildman–Crippen LogP) is 7.56. The van der Waals surface area contributed by atoms with Crippen molar-refractivity contribution >= 4 is 33.6 Å². The molecule has 7 nitrogen and oxygen atoms in total. The molecule has 0 aliphatic heterocycles. The van der Waals surface area contributed by atoms with Gasteiger partial charge in [0.2, 0.25) is 5.70 Å². The zero-order valence-corrected chi connectivity index (χ0v) is 21.7. The van der Waals surface area contributed by atoms with E-state index in [1.54, 1.807) is 42.5 Å². The number of fused-ring (bicyclic) bond motifs is 2. The van der Waals surface area contributed by atoms with Gasteiger partial charge in [0, 0.05) is 22.3 Å². The summed E-state index contributed by atoms with van der Waals surface area (Å²) >= 11 is 0. The highest BCUT2D eigenvalue weighted by Gasteiger charge is 2.40. The molecule has 0 unspecified atom stereocenters. The maximum Gasteiger partial charge on any atom is 0.270 e. The molecule has 2 aliphatic rings. The van der Waals surface area contributed by atoms with Gasteiger partial charge in [-0.25, -0.2) is 29.4 Å². The number of halogens is 1. The molecule has 5 rings (SSSR count). The van der Waals surface area contributed by atoms with Crippen LogP contribution in [0.3, 0.4) is 0 Å². The first-order chi connectivity index (χ1) is 20.4. The zero-order chi connectivity index (χ0) is 30.1. The van der Waals surface area contributed by atoms with Gasteiger partial charge in [-0.1, -0.05) is 42.0 Å². The second-order valence-electron chi connectivity index (χ2n) is 9.18. The first-order valence-corrected chi connectivity index (χ1v) is 12.1. The van der Waals surface area contributed by atoms with Crippen molar-refractivity contribution in [2.75, 3.05) is 0 Å². The number of hydrogen-bond donors (Lipinski definition) is 0. The molecule has 0 N–H and O–H groups in total. The van der Waals surface area contributed by atoms with Gasteiger partial charge >= 0.3 is 0 Å². The Kier molecular flexibility index (Phi) is 6.50. The van der Waals surface area contributed by atoms with Gasteiger partial charge in [0.15, 0.2) is 0 Å². The van der Waals surface area contributed by atoms with Crippen molar-refractivity contribution in [3.63, 3.8) is 0 Å². The van der Waals surface area contributed by atoms with Crippen LogP contribution in [-0.4, -0.2) is 0 Å². The molecule has 2 aliphatic carbocycles. The van der Waals surface area contributed by atoms with E-state index in [2.05, 4.69) is 20.6 Å². The largest absolute Gasteiger partial charge is 0.270 e. The SMILES string of the molecule is [C-]#[N+]C1=C(c2ccc(C)cc2)/C(=C(/C#N)[N+]#[C-])c2cc3c(c(F)c21)/C(=C(/C#N)[N+]#[C-])C(c1ccc(C#N)cc1)=C3C#N. The van der Waals surface area contributed by atoms with Gasteiger partial charge in [0.1, 0.15) is 11.9 Å². The van der Waals surface area contributed by atoms with Crippen LogP contribution in [0.2, 0.25) is 0 Å². The summed E-state index contributed by atoms with van der Waals surface area (Å²) in [5.41, 5.74) is 1.26. The summed E-state index contributed by atoms with van der Waals surface area (Å²) < 4.78 is 16.9. The molecule has 3 aromatic carbocycles. The number of benzene rings is 3. The highest BCUT2D eigenvalue weighted by Crippen LogP contribution is 2.56. The van der Waals surface area contributed by atoms with Gasteiger partial charge in [-0.2, -0.15) is 10.5 Å². The molecule has 42 heavy (non-hydrogen) atoms. The predicted molar refractivity (Wildman–Crippen MR) is 153 cm³/mol. The van der Waals surface area contributed by atoms with Crippen LogP contribution in [0.5, 0.6) is 0 Å². The van der Waals surface area contributed by atoms with E-state index in [4.69, 9.17) is 19.7 Å². The van der Waals surface area contributed by atoms with E-state index in [1.807, 2.05) is 19.1 Å². The molecule has 0 atom stereocenters. The van der Waals surface area contributed by atoms with Crippen LogP contribution in [0.1, 0.15) is 44.5 Å². The molecule has 0 radical (unpaired) electrons. The third-order valence-corrected chi connectivity index (χ3v) is 7.05. The van der Waals surface area contributed by atoms with Crippen LogP contribution >= 0.6 is 0 Å². The van der Waals surface area contributed by atoms with Gasteiger partial charge in [-0.3, -0.25) is 0 Å². The molecule has 0 spiro atoms. The highest BCUT2D eigenvalue weighted by molar-refractivity contribution is 6.29. The Bertz CT molecular complexity index is 2160. The molecule has 190 valence electrons. The van der Waals surface area contributed by atoms with Crippen molar-refractivity contribution in [1.29, 1.82) is 21.0 Å². The van der Waals surface area contributed by atoms with Gasteiger partial charge in [0.05, 0.1) is 49.1 Å². The molecule has 3 aromatic rings. The van der Waals surface area contributed by atoms with Crippen LogP contribution in [0.25, 0.3) is 48.1 Å². The average molecular weight is 538 g/mol. The van der Waals surface area contributed by atoms with E-state index in [9.17, 15) is 21.0 Å². The van der Waals surface area contributed by atoms with Crippen molar-refractivity contribution in [3.05, 3.63) is 151 Å². The first kappa shape index (κ1) is 26.6. The third kappa shape index (κ3) is 3.74. The topological polar surface area (TPSA) is 108 Å². The molecule has 0 saturated heterocycles. The van der Waals surface area contributed by atoms with E-state index in [0.29, 0.717) is 16.7 Å². The fraction of sp³-hybridized carbons (Fsp3) is 0.0294. The molecule has 0 bridgehead atoms. The molecule has 0 fully saturated rings. The minimum atomic E-state index is -0.946. The lowest BCUT2D eigenvalue weighted by Crippen LogP contribution is -2.00. The number of allylic oxidation sites excluding steroid dienone is 7. The Labute approximate surface area is 240 Å². The van der Waals surface area contributed by atoms with E-state index in [-0.39, 0.29) is 61.5 Å². The molecular weight excluding hydrogens is 525 g/mol. The van der Waals surface area contributed by atoms with Crippen molar-refractivity contribution < 1.29 is 4.39 Å². The Morgan fingerprint density at radius 3 is 1.81 bits per heavy atom. The monoisotopic (exact) mass is 537 g/mol. The minimum Gasteiger partial charge on any atom is -0.237 e. The lowest BCUT2D eigenvalue weighted by molar-refractivity contribution is 0.620. The number of nitriles is 4. The third-order valence-electron chi connectivity index (χ3n) is 7.05. The lowest BCUT2D eigenvalue weighted by Gasteiger charge is -2.13. The summed E-state index contributed by atoms with van der Waals surface area (Å²) in [6.07, 6.45) is 0. The summed E-state index contributed by atoms with van der Waals surface area (Å²) in [6, 6.07) is 22.3. The maximum atomic E-state index is 16.9. The Morgan fingerprint density at radius 2 is 1.29 bits per heavy atom. The van der Waals surface area contributed by atoms with Gasteiger partial charge in [-0.15, -0.1) is 0 Å². The maximum absolute atomic E-state index is 16.9. The van der Waals surface area contributed by atoms with E-state index in [0.717, 1.165) is 5.56 Å². The van der Waals surface area contributed by atoms with Crippen LogP contribution < -0.4 is 0 Å². The Hall–Kier alpha value is -7.02. The number of aryl methyl sites for hydroxylation is 1. The summed E-state index contributed by atoms with van der Waals surface area (Å²) in [7, 11) is 0. The molecule has 0 amide bonds. The summed E-state index contributed by atoms with van der Waals surface area (Å²) in [6.45, 7) is 25.2. The van der Waals surface area contributed by atoms with Crippen molar-refractivity contribution in [2.45, 2.75) is 6.92 Å². The molecule has 0 aromatic heterocycles. The molecular formula is C34H12FN7.